The van der Waals surface area contributed by atoms with Crippen LogP contribution in [-0.2, 0) is 13.2 Å². The SMILES string of the molecule is O=C(Nc1ccc(Cn2ccccc2=O)cc1)c1csc(COc2ccc(Cl)cc2)n1. The number of benzene rings is 2. The minimum atomic E-state index is -0.291. The second-order valence-corrected chi connectivity index (χ2v) is 8.07. The van der Waals surface area contributed by atoms with Crippen molar-refractivity contribution in [3.63, 3.8) is 0 Å². The molecule has 0 spiro atoms. The number of nitrogens with zero attached hydrogens (tertiary/aromatic N) is 2. The number of nitrogens with one attached hydrogen (secondary N) is 1. The summed E-state index contributed by atoms with van der Waals surface area (Å²) in [6.07, 6.45) is 1.74. The van der Waals surface area contributed by atoms with E-state index in [0.717, 1.165) is 5.56 Å². The summed E-state index contributed by atoms with van der Waals surface area (Å²) in [6, 6.07) is 19.5. The monoisotopic (exact) mass is 451 g/mol. The summed E-state index contributed by atoms with van der Waals surface area (Å²) in [7, 11) is 0. The third-order valence-corrected chi connectivity index (χ3v) is 5.50. The number of halogens is 1. The highest BCUT2D eigenvalue weighted by Crippen LogP contribution is 2.19. The van der Waals surface area contributed by atoms with Gasteiger partial charge in [0.15, 0.2) is 0 Å². The number of amides is 1. The van der Waals surface area contributed by atoms with Gasteiger partial charge < -0.3 is 14.6 Å². The first kappa shape index (κ1) is 20.8. The van der Waals surface area contributed by atoms with Crippen LogP contribution in [0.4, 0.5) is 5.69 Å². The van der Waals surface area contributed by atoms with Crippen LogP contribution in [0.1, 0.15) is 21.1 Å². The van der Waals surface area contributed by atoms with Crippen LogP contribution in [0.15, 0.2) is 83.1 Å². The van der Waals surface area contributed by atoms with E-state index < -0.39 is 0 Å². The van der Waals surface area contributed by atoms with Gasteiger partial charge in [0.1, 0.15) is 23.1 Å². The highest BCUT2D eigenvalue weighted by molar-refractivity contribution is 7.09. The Hall–Kier alpha value is -3.42. The van der Waals surface area contributed by atoms with Crippen LogP contribution < -0.4 is 15.6 Å². The lowest BCUT2D eigenvalue weighted by Gasteiger charge is -2.07. The van der Waals surface area contributed by atoms with E-state index in [1.807, 2.05) is 18.2 Å². The second kappa shape index (κ2) is 9.59. The van der Waals surface area contributed by atoms with Crippen molar-refractivity contribution >= 4 is 34.5 Å². The van der Waals surface area contributed by atoms with Crippen molar-refractivity contribution in [2.75, 3.05) is 5.32 Å². The van der Waals surface area contributed by atoms with Crippen molar-refractivity contribution in [2.45, 2.75) is 13.2 Å². The molecule has 8 heteroatoms. The predicted octanol–water partition coefficient (Wildman–Crippen LogP) is 4.84. The summed E-state index contributed by atoms with van der Waals surface area (Å²) in [6.45, 7) is 0.740. The van der Waals surface area contributed by atoms with Gasteiger partial charge in [-0.1, -0.05) is 29.8 Å². The highest BCUT2D eigenvalue weighted by Gasteiger charge is 2.12. The molecule has 0 radical (unpaired) electrons. The van der Waals surface area contributed by atoms with Crippen molar-refractivity contribution in [1.29, 1.82) is 0 Å². The third-order valence-electron chi connectivity index (χ3n) is 4.42. The number of carbonyl (C=O) groups is 1. The van der Waals surface area contributed by atoms with Gasteiger partial charge in [-0.05, 0) is 48.0 Å². The van der Waals surface area contributed by atoms with E-state index in [1.54, 1.807) is 58.6 Å². The predicted molar refractivity (Wildman–Crippen MR) is 122 cm³/mol. The van der Waals surface area contributed by atoms with Gasteiger partial charge in [0.2, 0.25) is 0 Å². The van der Waals surface area contributed by atoms with Gasteiger partial charge in [-0.2, -0.15) is 0 Å². The largest absolute Gasteiger partial charge is 0.486 e. The number of thiazole rings is 1. The fourth-order valence-corrected chi connectivity index (χ4v) is 3.65. The molecule has 0 unspecified atom stereocenters. The van der Waals surface area contributed by atoms with E-state index >= 15 is 0 Å². The van der Waals surface area contributed by atoms with E-state index in [4.69, 9.17) is 16.3 Å². The molecule has 2 heterocycles. The molecule has 1 amide bonds. The van der Waals surface area contributed by atoms with Crippen molar-refractivity contribution < 1.29 is 9.53 Å². The molecule has 0 bridgehead atoms. The van der Waals surface area contributed by atoms with Gasteiger partial charge in [-0.25, -0.2) is 4.98 Å². The molecular formula is C23H18ClN3O3S. The first-order chi connectivity index (χ1) is 15.1. The lowest BCUT2D eigenvalue weighted by molar-refractivity contribution is 0.102. The summed E-state index contributed by atoms with van der Waals surface area (Å²) in [4.78, 5) is 28.7. The quantitative estimate of drug-likeness (QED) is 0.436. The van der Waals surface area contributed by atoms with Gasteiger partial charge in [0.05, 0.1) is 6.54 Å². The molecular weight excluding hydrogens is 434 g/mol. The molecule has 0 fully saturated rings. The van der Waals surface area contributed by atoms with Gasteiger partial charge >= 0.3 is 0 Å². The van der Waals surface area contributed by atoms with Crippen LogP contribution in [0.3, 0.4) is 0 Å². The van der Waals surface area contributed by atoms with Gasteiger partial charge in [0, 0.05) is 28.4 Å². The number of hydrogen-bond acceptors (Lipinski definition) is 5. The molecule has 1 N–H and O–H groups in total. The molecule has 2 aromatic heterocycles. The number of carbonyl (C=O) groups excluding carboxylic acids is 1. The Morgan fingerprint density at radius 3 is 2.58 bits per heavy atom. The molecule has 0 aliphatic heterocycles. The number of anilines is 1. The van der Waals surface area contributed by atoms with E-state index in [9.17, 15) is 9.59 Å². The van der Waals surface area contributed by atoms with Crippen LogP contribution in [0.5, 0.6) is 5.75 Å². The average Bonchev–Trinajstić information content (AvgIpc) is 3.26. The van der Waals surface area contributed by atoms with E-state index in [2.05, 4.69) is 10.3 Å². The van der Waals surface area contributed by atoms with Crippen molar-refractivity contribution in [3.8, 4) is 5.75 Å². The fourth-order valence-electron chi connectivity index (χ4n) is 2.83. The second-order valence-electron chi connectivity index (χ2n) is 6.69. The van der Waals surface area contributed by atoms with E-state index in [1.165, 1.54) is 17.4 Å². The number of pyridine rings is 1. The maximum absolute atomic E-state index is 12.5. The lowest BCUT2D eigenvalue weighted by Crippen LogP contribution is -2.18. The molecule has 6 nitrogen and oxygen atoms in total. The highest BCUT2D eigenvalue weighted by atomic mass is 35.5. The van der Waals surface area contributed by atoms with Gasteiger partial charge in [0.25, 0.3) is 11.5 Å². The van der Waals surface area contributed by atoms with Crippen molar-refractivity contribution in [1.82, 2.24) is 9.55 Å². The number of ether oxygens (including phenoxy) is 1. The molecule has 2 aromatic carbocycles. The molecule has 0 aliphatic carbocycles. The Balaban J connectivity index is 1.33. The van der Waals surface area contributed by atoms with Crippen LogP contribution in [0, 0.1) is 0 Å². The number of aromatic nitrogens is 2. The first-order valence-electron chi connectivity index (χ1n) is 9.45. The minimum absolute atomic E-state index is 0.0562. The summed E-state index contributed by atoms with van der Waals surface area (Å²) in [5.74, 6) is 0.393. The molecule has 0 aliphatic rings. The zero-order valence-electron chi connectivity index (χ0n) is 16.3. The third kappa shape index (κ3) is 5.59. The van der Waals surface area contributed by atoms with Gasteiger partial charge in [-0.15, -0.1) is 11.3 Å². The topological polar surface area (TPSA) is 73.2 Å². The average molecular weight is 452 g/mol. The summed E-state index contributed by atoms with van der Waals surface area (Å²) < 4.78 is 7.28. The van der Waals surface area contributed by atoms with Crippen LogP contribution >= 0.6 is 22.9 Å². The summed E-state index contributed by atoms with van der Waals surface area (Å²) in [5.41, 5.74) is 1.89. The number of rotatable bonds is 7. The Labute approximate surface area is 187 Å². The normalized spacial score (nSPS) is 10.6. The Morgan fingerprint density at radius 1 is 1.06 bits per heavy atom. The smallest absolute Gasteiger partial charge is 0.275 e. The van der Waals surface area contributed by atoms with Gasteiger partial charge in [-0.3, -0.25) is 9.59 Å². The number of hydrogen-bond donors (Lipinski definition) is 1. The van der Waals surface area contributed by atoms with Crippen molar-refractivity contribution in [2.24, 2.45) is 0 Å². The standard InChI is InChI=1S/C23H18ClN3O3S/c24-17-6-10-19(11-7-17)30-14-21-26-20(15-31-21)23(29)25-18-8-4-16(5-9-18)13-27-12-2-1-3-22(27)28/h1-12,15H,13-14H2,(H,25,29). The first-order valence-corrected chi connectivity index (χ1v) is 10.7. The zero-order valence-corrected chi connectivity index (χ0v) is 17.9. The lowest BCUT2D eigenvalue weighted by atomic mass is 10.2. The minimum Gasteiger partial charge on any atom is -0.486 e. The van der Waals surface area contributed by atoms with E-state index in [-0.39, 0.29) is 18.1 Å². The van der Waals surface area contributed by atoms with Crippen LogP contribution in [0.25, 0.3) is 0 Å². The molecule has 4 aromatic rings. The van der Waals surface area contributed by atoms with Crippen LogP contribution in [0.2, 0.25) is 5.02 Å². The molecule has 0 saturated carbocycles. The molecule has 156 valence electrons. The molecule has 4 rings (SSSR count). The maximum atomic E-state index is 12.5. The fraction of sp³-hybridized carbons (Fsp3) is 0.0870. The Morgan fingerprint density at radius 2 is 1.84 bits per heavy atom. The summed E-state index contributed by atoms with van der Waals surface area (Å²) >= 11 is 7.22. The maximum Gasteiger partial charge on any atom is 0.275 e. The van der Waals surface area contributed by atoms with E-state index in [0.29, 0.717) is 33.7 Å². The Kier molecular flexibility index (Phi) is 6.45. The summed E-state index contributed by atoms with van der Waals surface area (Å²) in [5, 5.41) is 5.87. The Bertz CT molecular complexity index is 1230. The molecule has 31 heavy (non-hydrogen) atoms. The van der Waals surface area contributed by atoms with Crippen molar-refractivity contribution in [3.05, 3.63) is 110 Å². The van der Waals surface area contributed by atoms with Crippen LogP contribution in [-0.4, -0.2) is 15.5 Å². The molecule has 0 atom stereocenters. The molecule has 0 saturated heterocycles. The zero-order chi connectivity index (χ0) is 21.6.